The summed E-state index contributed by atoms with van der Waals surface area (Å²) in [6, 6.07) is 2.17. The first-order valence-electron chi connectivity index (χ1n) is 4.62. The Bertz CT molecular complexity index is 240. The van der Waals surface area contributed by atoms with Crippen LogP contribution < -0.4 is 0 Å². The maximum Gasteiger partial charge on any atom is 0.104 e. The van der Waals surface area contributed by atoms with E-state index in [4.69, 9.17) is 4.42 Å². The molecule has 1 aromatic rings. The van der Waals surface area contributed by atoms with E-state index in [0.29, 0.717) is 0 Å². The lowest BCUT2D eigenvalue weighted by atomic mass is 9.89. The smallest absolute Gasteiger partial charge is 0.104 e. The molecule has 68 valence electrons. The van der Waals surface area contributed by atoms with Gasteiger partial charge in [-0.05, 0) is 23.5 Å². The molecule has 0 aliphatic rings. The van der Waals surface area contributed by atoms with Crippen LogP contribution in [0.4, 0.5) is 0 Å². The number of hydrogen-bond acceptors (Lipinski definition) is 1. The molecule has 12 heavy (non-hydrogen) atoms. The first-order valence-corrected chi connectivity index (χ1v) is 4.62. The zero-order chi connectivity index (χ0) is 9.19. The third-order valence-electron chi connectivity index (χ3n) is 2.02. The molecule has 0 aromatic carbocycles. The first-order chi connectivity index (χ1) is 5.54. The van der Waals surface area contributed by atoms with E-state index in [1.807, 2.05) is 6.26 Å². The van der Waals surface area contributed by atoms with Gasteiger partial charge in [0.1, 0.15) is 5.76 Å². The summed E-state index contributed by atoms with van der Waals surface area (Å²) in [5, 5.41) is 0. The van der Waals surface area contributed by atoms with Crippen LogP contribution in [0.15, 0.2) is 16.7 Å². The summed E-state index contributed by atoms with van der Waals surface area (Å²) >= 11 is 0. The van der Waals surface area contributed by atoms with Gasteiger partial charge in [-0.1, -0.05) is 27.7 Å². The normalized spacial score (nSPS) is 12.0. The van der Waals surface area contributed by atoms with Crippen molar-refractivity contribution in [1.82, 2.24) is 0 Å². The lowest BCUT2D eigenvalue weighted by Gasteiger charge is -2.14. The van der Waals surface area contributed by atoms with Gasteiger partial charge >= 0.3 is 0 Å². The molecule has 1 heterocycles. The van der Waals surface area contributed by atoms with Gasteiger partial charge in [0.25, 0.3) is 0 Å². The fraction of sp³-hybridized carbons (Fsp3) is 0.636. The SMILES string of the molecule is CCCc1cc(C(C)(C)C)co1. The number of rotatable bonds is 2. The van der Waals surface area contributed by atoms with E-state index < -0.39 is 0 Å². The highest BCUT2D eigenvalue weighted by molar-refractivity contribution is 5.20. The van der Waals surface area contributed by atoms with E-state index in [9.17, 15) is 0 Å². The summed E-state index contributed by atoms with van der Waals surface area (Å²) in [5.74, 6) is 1.11. The van der Waals surface area contributed by atoms with Crippen molar-refractivity contribution >= 4 is 0 Å². The second-order valence-corrected chi connectivity index (χ2v) is 4.30. The summed E-state index contributed by atoms with van der Waals surface area (Å²) in [6.45, 7) is 8.77. The molecule has 0 amide bonds. The van der Waals surface area contributed by atoms with E-state index in [2.05, 4.69) is 33.8 Å². The average molecular weight is 166 g/mol. The molecule has 0 aliphatic heterocycles. The van der Waals surface area contributed by atoms with Gasteiger partial charge in [-0.3, -0.25) is 0 Å². The Morgan fingerprint density at radius 3 is 2.42 bits per heavy atom. The van der Waals surface area contributed by atoms with E-state index in [1.165, 1.54) is 5.56 Å². The molecule has 0 saturated carbocycles. The van der Waals surface area contributed by atoms with Gasteiger partial charge in [0, 0.05) is 6.42 Å². The minimum Gasteiger partial charge on any atom is -0.469 e. The number of furan rings is 1. The lowest BCUT2D eigenvalue weighted by molar-refractivity contribution is 0.495. The maximum absolute atomic E-state index is 5.43. The minimum atomic E-state index is 0.218. The van der Waals surface area contributed by atoms with Crippen LogP contribution in [-0.4, -0.2) is 0 Å². The third-order valence-corrected chi connectivity index (χ3v) is 2.02. The van der Waals surface area contributed by atoms with Gasteiger partial charge in [-0.2, -0.15) is 0 Å². The molecule has 1 heteroatoms. The van der Waals surface area contributed by atoms with Gasteiger partial charge < -0.3 is 4.42 Å². The van der Waals surface area contributed by atoms with E-state index in [0.717, 1.165) is 18.6 Å². The fourth-order valence-corrected chi connectivity index (χ4v) is 1.15. The quantitative estimate of drug-likeness (QED) is 0.655. The van der Waals surface area contributed by atoms with Gasteiger partial charge in [-0.25, -0.2) is 0 Å². The Hall–Kier alpha value is -0.720. The predicted molar refractivity (Wildman–Crippen MR) is 51.4 cm³/mol. The Kier molecular flexibility index (Phi) is 2.61. The van der Waals surface area contributed by atoms with Crippen LogP contribution in [0.25, 0.3) is 0 Å². The molecular formula is C11H18O. The molecule has 0 aliphatic carbocycles. The highest BCUT2D eigenvalue weighted by atomic mass is 16.3. The molecule has 0 N–H and O–H groups in total. The average Bonchev–Trinajstić information content (AvgIpc) is 2.35. The van der Waals surface area contributed by atoms with Gasteiger partial charge in [0.2, 0.25) is 0 Å². The Morgan fingerprint density at radius 1 is 1.33 bits per heavy atom. The van der Waals surface area contributed by atoms with E-state index in [1.54, 1.807) is 0 Å². The van der Waals surface area contributed by atoms with Crippen molar-refractivity contribution in [3.63, 3.8) is 0 Å². The Morgan fingerprint density at radius 2 is 2.00 bits per heavy atom. The lowest BCUT2D eigenvalue weighted by Crippen LogP contribution is -2.09. The van der Waals surface area contributed by atoms with Crippen LogP contribution in [0.5, 0.6) is 0 Å². The molecule has 0 spiro atoms. The molecule has 0 saturated heterocycles. The zero-order valence-corrected chi connectivity index (χ0v) is 8.48. The summed E-state index contributed by atoms with van der Waals surface area (Å²) in [7, 11) is 0. The number of aryl methyl sites for hydroxylation is 1. The van der Waals surface area contributed by atoms with E-state index >= 15 is 0 Å². The molecule has 1 rings (SSSR count). The van der Waals surface area contributed by atoms with Crippen LogP contribution in [0, 0.1) is 0 Å². The Balaban J connectivity index is 2.77. The standard InChI is InChI=1S/C11H18O/c1-5-6-10-7-9(8-12-10)11(2,3)4/h7-8H,5-6H2,1-4H3. The highest BCUT2D eigenvalue weighted by Crippen LogP contribution is 2.24. The predicted octanol–water partition coefficient (Wildman–Crippen LogP) is 3.53. The summed E-state index contributed by atoms with van der Waals surface area (Å²) in [4.78, 5) is 0. The maximum atomic E-state index is 5.43. The van der Waals surface area contributed by atoms with Crippen molar-refractivity contribution in [2.24, 2.45) is 0 Å². The van der Waals surface area contributed by atoms with Crippen LogP contribution in [-0.2, 0) is 11.8 Å². The summed E-state index contributed by atoms with van der Waals surface area (Å²) < 4.78 is 5.43. The topological polar surface area (TPSA) is 13.1 Å². The summed E-state index contributed by atoms with van der Waals surface area (Å²) in [5.41, 5.74) is 1.51. The molecule has 0 unspecified atom stereocenters. The van der Waals surface area contributed by atoms with Gasteiger partial charge in [0.05, 0.1) is 6.26 Å². The van der Waals surface area contributed by atoms with Crippen molar-refractivity contribution < 1.29 is 4.42 Å². The fourth-order valence-electron chi connectivity index (χ4n) is 1.15. The van der Waals surface area contributed by atoms with Crippen molar-refractivity contribution in [1.29, 1.82) is 0 Å². The first kappa shape index (κ1) is 9.37. The van der Waals surface area contributed by atoms with Crippen molar-refractivity contribution in [3.05, 3.63) is 23.7 Å². The van der Waals surface area contributed by atoms with Crippen molar-refractivity contribution in [2.75, 3.05) is 0 Å². The van der Waals surface area contributed by atoms with Crippen LogP contribution in [0.2, 0.25) is 0 Å². The number of hydrogen-bond donors (Lipinski definition) is 0. The molecule has 0 fully saturated rings. The van der Waals surface area contributed by atoms with Crippen molar-refractivity contribution in [2.45, 2.75) is 46.0 Å². The van der Waals surface area contributed by atoms with E-state index in [-0.39, 0.29) is 5.41 Å². The molecule has 0 radical (unpaired) electrons. The second-order valence-electron chi connectivity index (χ2n) is 4.30. The summed E-state index contributed by atoms with van der Waals surface area (Å²) in [6.07, 6.45) is 4.08. The van der Waals surface area contributed by atoms with Gasteiger partial charge in [-0.15, -0.1) is 0 Å². The monoisotopic (exact) mass is 166 g/mol. The molecule has 1 nitrogen and oxygen atoms in total. The van der Waals surface area contributed by atoms with Crippen LogP contribution in [0.3, 0.4) is 0 Å². The second kappa shape index (κ2) is 3.34. The molecule has 1 aromatic heterocycles. The minimum absolute atomic E-state index is 0.218. The third kappa shape index (κ3) is 2.13. The molecule has 0 bridgehead atoms. The highest BCUT2D eigenvalue weighted by Gasteiger charge is 2.15. The molecule has 0 atom stereocenters. The van der Waals surface area contributed by atoms with Crippen molar-refractivity contribution in [3.8, 4) is 0 Å². The van der Waals surface area contributed by atoms with Crippen LogP contribution >= 0.6 is 0 Å². The zero-order valence-electron chi connectivity index (χ0n) is 8.48. The largest absolute Gasteiger partial charge is 0.469 e. The van der Waals surface area contributed by atoms with Crippen LogP contribution in [0.1, 0.15) is 45.4 Å². The Labute approximate surface area is 74.8 Å². The van der Waals surface area contributed by atoms with Gasteiger partial charge in [0.15, 0.2) is 0 Å². The molecular weight excluding hydrogens is 148 g/mol.